The van der Waals surface area contributed by atoms with Crippen molar-refractivity contribution in [1.82, 2.24) is 4.90 Å². The summed E-state index contributed by atoms with van der Waals surface area (Å²) in [6.07, 6.45) is 0.0262. The Labute approximate surface area is 191 Å². The molecule has 5 nitrogen and oxygen atoms in total. The Balaban J connectivity index is 1.80. The van der Waals surface area contributed by atoms with Crippen LogP contribution in [0.25, 0.3) is 5.76 Å². The smallest absolute Gasteiger partial charge is 0.295 e. The number of hydrogen-bond donors (Lipinski definition) is 1. The summed E-state index contributed by atoms with van der Waals surface area (Å²) < 4.78 is 5.67. The zero-order valence-electron chi connectivity index (χ0n) is 18.2. The molecule has 1 saturated heterocycles. The van der Waals surface area contributed by atoms with E-state index >= 15 is 0 Å². The number of aryl methyl sites for hydroxylation is 1. The third-order valence-corrected chi connectivity index (χ3v) is 6.16. The number of benzene rings is 2. The molecule has 0 bridgehead atoms. The quantitative estimate of drug-likeness (QED) is 0.309. The lowest BCUT2D eigenvalue weighted by Crippen LogP contribution is -2.28. The molecule has 0 saturated carbocycles. The van der Waals surface area contributed by atoms with Gasteiger partial charge in [0.25, 0.3) is 11.7 Å². The van der Waals surface area contributed by atoms with Crippen molar-refractivity contribution < 1.29 is 19.4 Å². The number of aliphatic hydroxyl groups excluding tert-OH is 1. The van der Waals surface area contributed by atoms with Crippen LogP contribution in [0.15, 0.2) is 71.6 Å². The topological polar surface area (TPSA) is 66.8 Å². The van der Waals surface area contributed by atoms with Crippen molar-refractivity contribution in [3.8, 4) is 5.75 Å². The van der Waals surface area contributed by atoms with Crippen molar-refractivity contribution in [3.05, 3.63) is 93.2 Å². The molecule has 2 aromatic carbocycles. The zero-order valence-corrected chi connectivity index (χ0v) is 19.1. The second-order valence-corrected chi connectivity index (χ2v) is 9.14. The lowest BCUT2D eigenvalue weighted by molar-refractivity contribution is -0.140. The molecule has 4 rings (SSSR count). The van der Waals surface area contributed by atoms with Crippen molar-refractivity contribution >= 4 is 28.8 Å². The minimum Gasteiger partial charge on any atom is -0.507 e. The first kappa shape index (κ1) is 21.8. The van der Waals surface area contributed by atoms with E-state index in [9.17, 15) is 14.7 Å². The molecule has 6 heteroatoms. The number of hydrogen-bond acceptors (Lipinski definition) is 5. The fourth-order valence-electron chi connectivity index (χ4n) is 3.92. The SMILES string of the molecule is Cc1cccc(C2/C(=C(/O)c3ccc(OC(C)C)cc3)C(=O)C(=O)N2Cc2cccs2)c1. The van der Waals surface area contributed by atoms with Crippen LogP contribution in [0.5, 0.6) is 5.75 Å². The predicted molar refractivity (Wildman–Crippen MR) is 126 cm³/mol. The van der Waals surface area contributed by atoms with E-state index in [1.54, 1.807) is 29.2 Å². The van der Waals surface area contributed by atoms with E-state index in [-0.39, 0.29) is 17.4 Å². The summed E-state index contributed by atoms with van der Waals surface area (Å²) in [6, 6.07) is 17.8. The normalized spacial score (nSPS) is 17.9. The van der Waals surface area contributed by atoms with Crippen molar-refractivity contribution in [2.75, 3.05) is 0 Å². The van der Waals surface area contributed by atoms with E-state index < -0.39 is 17.7 Å². The lowest BCUT2D eigenvalue weighted by Gasteiger charge is -2.25. The number of thiophene rings is 1. The molecule has 1 fully saturated rings. The average Bonchev–Trinajstić information content (AvgIpc) is 3.36. The van der Waals surface area contributed by atoms with E-state index in [4.69, 9.17) is 4.74 Å². The third-order valence-electron chi connectivity index (χ3n) is 5.30. The second kappa shape index (κ2) is 9.01. The molecule has 1 aliphatic heterocycles. The highest BCUT2D eigenvalue weighted by molar-refractivity contribution is 7.09. The Hall–Kier alpha value is -3.38. The first-order valence-corrected chi connectivity index (χ1v) is 11.4. The predicted octanol–water partition coefficient (Wildman–Crippen LogP) is 5.47. The molecular weight excluding hydrogens is 422 g/mol. The molecule has 0 spiro atoms. The standard InChI is InChI=1S/C26H25NO4S/c1-16(2)31-20-11-9-18(10-12-20)24(28)22-23(19-7-4-6-17(3)14-19)27(26(30)25(22)29)15-21-8-5-13-32-21/h4-14,16,23,28H,15H2,1-3H3/b24-22-. The Kier molecular flexibility index (Phi) is 6.15. The summed E-state index contributed by atoms with van der Waals surface area (Å²) in [4.78, 5) is 28.7. The average molecular weight is 448 g/mol. The number of aliphatic hydroxyl groups is 1. The van der Waals surface area contributed by atoms with Gasteiger partial charge in [0.2, 0.25) is 0 Å². The summed E-state index contributed by atoms with van der Waals surface area (Å²) in [5.74, 6) is -0.788. The van der Waals surface area contributed by atoms with Crippen LogP contribution >= 0.6 is 11.3 Å². The van der Waals surface area contributed by atoms with Gasteiger partial charge >= 0.3 is 0 Å². The minimum absolute atomic E-state index is 0.0262. The van der Waals surface area contributed by atoms with Gasteiger partial charge in [-0.1, -0.05) is 35.9 Å². The Morgan fingerprint density at radius 3 is 2.47 bits per heavy atom. The molecule has 164 valence electrons. The number of Topliss-reactive ketones (excluding diaryl/α,β-unsaturated/α-hetero) is 1. The number of nitrogens with zero attached hydrogens (tertiary/aromatic N) is 1. The van der Waals surface area contributed by atoms with Gasteiger partial charge in [-0.25, -0.2) is 0 Å². The molecule has 0 aliphatic carbocycles. The summed E-state index contributed by atoms with van der Waals surface area (Å²) >= 11 is 1.53. The van der Waals surface area contributed by atoms with Crippen molar-refractivity contribution in [2.45, 2.75) is 39.5 Å². The maximum Gasteiger partial charge on any atom is 0.295 e. The fraction of sp³-hybridized carbons (Fsp3) is 0.231. The van der Waals surface area contributed by atoms with Crippen molar-refractivity contribution in [1.29, 1.82) is 0 Å². The Morgan fingerprint density at radius 1 is 1.09 bits per heavy atom. The van der Waals surface area contributed by atoms with Gasteiger partial charge in [0.1, 0.15) is 11.5 Å². The summed E-state index contributed by atoms with van der Waals surface area (Å²) in [7, 11) is 0. The molecule has 0 radical (unpaired) electrons. The van der Waals surface area contributed by atoms with Gasteiger partial charge in [-0.05, 0) is 62.0 Å². The van der Waals surface area contributed by atoms with Gasteiger partial charge in [0, 0.05) is 10.4 Å². The number of likely N-dealkylation sites (tertiary alicyclic amines) is 1. The van der Waals surface area contributed by atoms with Crippen LogP contribution in [0.3, 0.4) is 0 Å². The Bertz CT molecular complexity index is 1160. The number of carbonyl (C=O) groups is 2. The number of amides is 1. The van der Waals surface area contributed by atoms with Gasteiger partial charge in [-0.15, -0.1) is 11.3 Å². The van der Waals surface area contributed by atoms with Crippen LogP contribution in [0.1, 0.15) is 41.5 Å². The molecule has 1 atom stereocenters. The van der Waals surface area contributed by atoms with Crippen LogP contribution in [-0.4, -0.2) is 27.8 Å². The molecule has 32 heavy (non-hydrogen) atoms. The maximum absolute atomic E-state index is 13.1. The molecule has 1 amide bonds. The van der Waals surface area contributed by atoms with Crippen LogP contribution in [-0.2, 0) is 16.1 Å². The highest BCUT2D eigenvalue weighted by atomic mass is 32.1. The van der Waals surface area contributed by atoms with Crippen LogP contribution < -0.4 is 4.74 Å². The fourth-order valence-corrected chi connectivity index (χ4v) is 4.62. The van der Waals surface area contributed by atoms with Gasteiger partial charge < -0.3 is 14.7 Å². The number of ketones is 1. The highest BCUT2D eigenvalue weighted by Gasteiger charge is 2.46. The monoisotopic (exact) mass is 447 g/mol. The van der Waals surface area contributed by atoms with Crippen molar-refractivity contribution in [3.63, 3.8) is 0 Å². The van der Waals surface area contributed by atoms with Crippen molar-refractivity contribution in [2.24, 2.45) is 0 Å². The van der Waals surface area contributed by atoms with Crippen LogP contribution in [0.4, 0.5) is 0 Å². The van der Waals surface area contributed by atoms with E-state index in [0.717, 1.165) is 16.0 Å². The van der Waals surface area contributed by atoms with E-state index in [1.807, 2.05) is 62.5 Å². The second-order valence-electron chi connectivity index (χ2n) is 8.11. The number of rotatable bonds is 6. The summed E-state index contributed by atoms with van der Waals surface area (Å²) in [5.41, 5.74) is 2.38. The maximum atomic E-state index is 13.1. The molecule has 3 aromatic rings. The molecule has 1 aliphatic rings. The van der Waals surface area contributed by atoms with Gasteiger partial charge in [0.05, 0.1) is 24.3 Å². The summed E-state index contributed by atoms with van der Waals surface area (Å²) in [6.45, 7) is 6.14. The molecular formula is C26H25NO4S. The summed E-state index contributed by atoms with van der Waals surface area (Å²) in [5, 5.41) is 13.1. The first-order valence-electron chi connectivity index (χ1n) is 10.5. The van der Waals surface area contributed by atoms with Crippen LogP contribution in [0, 0.1) is 6.92 Å². The van der Waals surface area contributed by atoms with E-state index in [0.29, 0.717) is 17.9 Å². The lowest BCUT2D eigenvalue weighted by atomic mass is 9.94. The van der Waals surface area contributed by atoms with Gasteiger partial charge in [-0.2, -0.15) is 0 Å². The highest BCUT2D eigenvalue weighted by Crippen LogP contribution is 2.41. The first-order chi connectivity index (χ1) is 15.3. The van der Waals surface area contributed by atoms with Gasteiger partial charge in [0.15, 0.2) is 0 Å². The molecule has 1 aromatic heterocycles. The minimum atomic E-state index is -0.673. The number of ether oxygens (including phenoxy) is 1. The molecule has 1 N–H and O–H groups in total. The molecule has 2 heterocycles. The van der Waals surface area contributed by atoms with E-state index in [2.05, 4.69) is 0 Å². The largest absolute Gasteiger partial charge is 0.507 e. The number of carbonyl (C=O) groups excluding carboxylic acids is 2. The van der Waals surface area contributed by atoms with Crippen LogP contribution in [0.2, 0.25) is 0 Å². The third kappa shape index (κ3) is 4.32. The Morgan fingerprint density at radius 2 is 1.84 bits per heavy atom. The van der Waals surface area contributed by atoms with E-state index in [1.165, 1.54) is 11.3 Å². The zero-order chi connectivity index (χ0) is 22.8. The molecule has 1 unspecified atom stereocenters. The van der Waals surface area contributed by atoms with Gasteiger partial charge in [-0.3, -0.25) is 9.59 Å².